The first-order chi connectivity index (χ1) is 32.4. The topological polar surface area (TPSA) is 50.9 Å². The largest absolute Gasteiger partial charge is 0.507 e. The summed E-state index contributed by atoms with van der Waals surface area (Å²) in [5.41, 5.74) is 14.7. The number of fused-ring (bicyclic) bond motifs is 1. The van der Waals surface area contributed by atoms with E-state index in [0.29, 0.717) is 17.0 Å². The van der Waals surface area contributed by atoms with Crippen molar-refractivity contribution in [3.05, 3.63) is 167 Å². The second-order valence-corrected chi connectivity index (χ2v) is 22.3. The van der Waals surface area contributed by atoms with Gasteiger partial charge >= 0.3 is 0 Å². The molecule has 0 unspecified atom stereocenters. The van der Waals surface area contributed by atoms with Gasteiger partial charge in [0.1, 0.15) is 11.6 Å². The maximum atomic E-state index is 12.6. The van der Waals surface area contributed by atoms with Crippen molar-refractivity contribution in [2.45, 2.75) is 131 Å². The second kappa shape index (κ2) is 18.2. The minimum atomic E-state index is -2.18. The van der Waals surface area contributed by atoms with Gasteiger partial charge in [-0.05, 0) is 104 Å². The molecule has 0 aliphatic heterocycles. The number of phenolic OH excluding ortho intramolecular Hbond substituents is 1. The maximum absolute atomic E-state index is 12.6. The number of hydrogen-bond acceptors (Lipinski definition) is 3. The van der Waals surface area contributed by atoms with E-state index < -0.39 is 12.7 Å². The number of aromatic nitrogens is 3. The van der Waals surface area contributed by atoms with Crippen LogP contribution in [-0.4, -0.2) is 19.6 Å². The molecule has 5 heteroatoms. The van der Waals surface area contributed by atoms with Gasteiger partial charge in [0.2, 0.25) is 0 Å². The van der Waals surface area contributed by atoms with Gasteiger partial charge in [-0.3, -0.25) is 9.55 Å². The summed E-state index contributed by atoms with van der Waals surface area (Å²) >= 11 is 0. The molecule has 0 saturated heterocycles. The average Bonchev–Trinajstić information content (AvgIpc) is 3.66. The van der Waals surface area contributed by atoms with Gasteiger partial charge < -0.3 is 5.11 Å². The minimum absolute atomic E-state index is 0. The van der Waals surface area contributed by atoms with E-state index in [0.717, 1.165) is 83.6 Å². The first kappa shape index (κ1) is 44.0. The third-order valence-corrected chi connectivity index (χ3v) is 12.8. The van der Waals surface area contributed by atoms with Crippen LogP contribution in [0.4, 0.5) is 0 Å². The quantitative estimate of drug-likeness (QED) is 0.162. The molecular weight excluding hydrogens is 998 g/mol. The van der Waals surface area contributed by atoms with Gasteiger partial charge in [-0.25, -0.2) is 4.98 Å². The molecule has 67 heavy (non-hydrogen) atoms. The fourth-order valence-electron chi connectivity index (χ4n) is 8.97. The minimum Gasteiger partial charge on any atom is -0.507 e. The van der Waals surface area contributed by atoms with Crippen LogP contribution in [0.3, 0.4) is 0 Å². The molecule has 0 aliphatic carbocycles. The summed E-state index contributed by atoms with van der Waals surface area (Å²) in [5.74, 6) is -0.186. The van der Waals surface area contributed by atoms with E-state index in [1.54, 1.807) is 18.3 Å². The van der Waals surface area contributed by atoms with Crippen molar-refractivity contribution in [3.63, 3.8) is 0 Å². The van der Waals surface area contributed by atoms with Gasteiger partial charge in [-0.2, -0.15) is 0 Å². The summed E-state index contributed by atoms with van der Waals surface area (Å²) in [6, 6.07) is 44.6. The Morgan fingerprint density at radius 3 is 1.88 bits per heavy atom. The predicted molar refractivity (Wildman–Crippen MR) is 280 cm³/mol. The van der Waals surface area contributed by atoms with E-state index in [4.69, 9.17) is 14.1 Å². The van der Waals surface area contributed by atoms with Gasteiger partial charge in [0.25, 0.3) is 0 Å². The summed E-state index contributed by atoms with van der Waals surface area (Å²) in [6.07, 6.45) is 1.79. The molecule has 0 bridgehead atoms. The smallest absolute Gasteiger partial charge is 0.148 e. The number of hydrogen-bond donors (Lipinski definition) is 1. The van der Waals surface area contributed by atoms with Crippen LogP contribution < -0.4 is 0 Å². The molecule has 0 fully saturated rings. The SMILES string of the molecule is [2H]C([2H])([2H])c1ccc(-c2ccnc(-c3[c-]c(-c4cccc5c4nc(-c4cc(C(C)(C)C)cc(C(C)(C)C)c4O)n5-c4ccc(-c5ccccc5C(C)(C)C)c(C([2H])(C)C)c4)cc(C(C)(C)C)c3)c2)cc1.[Pt]. The van der Waals surface area contributed by atoms with Crippen LogP contribution in [0, 0.1) is 12.9 Å². The summed E-state index contributed by atoms with van der Waals surface area (Å²) in [6.45, 7) is 28.0. The molecule has 2 heterocycles. The Kier molecular flexibility index (Phi) is 11.9. The van der Waals surface area contributed by atoms with Crippen molar-refractivity contribution in [2.24, 2.45) is 0 Å². The van der Waals surface area contributed by atoms with Gasteiger partial charge in [0.15, 0.2) is 0 Å². The van der Waals surface area contributed by atoms with E-state index in [-0.39, 0.29) is 48.5 Å². The molecule has 8 aromatic rings. The Morgan fingerprint density at radius 1 is 0.597 bits per heavy atom. The van der Waals surface area contributed by atoms with Gasteiger partial charge in [0.05, 0.1) is 16.6 Å². The molecule has 0 atom stereocenters. The number of nitrogens with zero attached hydrogens (tertiary/aromatic N) is 3. The Bertz CT molecular complexity index is 3280. The molecule has 2 aromatic heterocycles. The molecule has 0 spiro atoms. The zero-order valence-corrected chi connectivity index (χ0v) is 44.0. The Hall–Kier alpha value is -5.57. The molecule has 0 saturated carbocycles. The molecule has 0 amide bonds. The fraction of sp³-hybridized carbons (Fsp3) is 0.323. The Balaban J connectivity index is 0.00000741. The molecule has 348 valence electrons. The number of aromatic hydroxyl groups is 1. The third kappa shape index (κ3) is 9.89. The van der Waals surface area contributed by atoms with Crippen LogP contribution in [0.2, 0.25) is 0 Å². The first-order valence-corrected chi connectivity index (χ1v) is 23.2. The fourth-order valence-corrected chi connectivity index (χ4v) is 8.97. The van der Waals surface area contributed by atoms with Crippen LogP contribution in [0.25, 0.3) is 72.7 Å². The molecule has 0 aliphatic rings. The van der Waals surface area contributed by atoms with Crippen molar-refractivity contribution in [3.8, 4) is 67.5 Å². The van der Waals surface area contributed by atoms with Crippen LogP contribution in [-0.2, 0) is 42.7 Å². The van der Waals surface area contributed by atoms with Gasteiger partial charge in [-0.1, -0.05) is 192 Å². The molecule has 6 aromatic carbocycles. The van der Waals surface area contributed by atoms with E-state index in [1.165, 1.54) is 5.56 Å². The number of benzene rings is 6. The van der Waals surface area contributed by atoms with Crippen molar-refractivity contribution in [1.29, 1.82) is 0 Å². The summed E-state index contributed by atoms with van der Waals surface area (Å²) in [4.78, 5) is 10.5. The summed E-state index contributed by atoms with van der Waals surface area (Å²) in [7, 11) is 0. The van der Waals surface area contributed by atoms with Crippen LogP contribution >= 0.6 is 0 Å². The van der Waals surface area contributed by atoms with Crippen molar-refractivity contribution in [1.82, 2.24) is 14.5 Å². The molecule has 4 nitrogen and oxygen atoms in total. The zero-order chi connectivity index (χ0) is 51.1. The Labute approximate surface area is 420 Å². The zero-order valence-electron chi connectivity index (χ0n) is 45.7. The van der Waals surface area contributed by atoms with E-state index in [9.17, 15) is 6.48 Å². The number of aryl methyl sites for hydroxylation is 1. The Morgan fingerprint density at radius 2 is 1.24 bits per heavy atom. The van der Waals surface area contributed by atoms with E-state index in [2.05, 4.69) is 179 Å². The summed E-state index contributed by atoms with van der Waals surface area (Å²) < 4.78 is 35.4. The van der Waals surface area contributed by atoms with Crippen molar-refractivity contribution in [2.75, 3.05) is 0 Å². The van der Waals surface area contributed by atoms with Crippen LogP contribution in [0.5, 0.6) is 5.75 Å². The maximum Gasteiger partial charge on any atom is 0.148 e. The van der Waals surface area contributed by atoms with Gasteiger partial charge in [0, 0.05) is 49.7 Å². The average molecular weight is 1070 g/mol. The number of imidazole rings is 1. The number of phenols is 1. The first-order valence-electron chi connectivity index (χ1n) is 25.2. The van der Waals surface area contributed by atoms with Crippen LogP contribution in [0.1, 0.15) is 142 Å². The standard InChI is InChI=1S/C62H68N3O.Pt/c1-38(2)50-37-46(27-28-48(50)49-19-16-17-21-52(49)61(10,11)12)65-55-22-18-20-47(56(55)64-58(65)51-35-45(60(7,8)9)36-53(57(51)66)62(13,14)15)42-31-43(33-44(32-42)59(4,5)6)54-34-41(29-30-63-54)40-25-23-39(3)24-26-40;/h16-30,32-38,66H,1-15H3;/q-1;/i3D3,38D;. The second-order valence-electron chi connectivity index (χ2n) is 22.3. The molecule has 0 radical (unpaired) electrons. The van der Waals surface area contributed by atoms with Crippen molar-refractivity contribution < 1.29 is 31.7 Å². The predicted octanol–water partition coefficient (Wildman–Crippen LogP) is 16.9. The molecular formula is C62H68N3OPt-. The summed E-state index contributed by atoms with van der Waals surface area (Å²) in [5, 5.41) is 12.6. The monoisotopic (exact) mass is 1070 g/mol. The van der Waals surface area contributed by atoms with Crippen LogP contribution in [0.15, 0.2) is 128 Å². The number of pyridine rings is 1. The van der Waals surface area contributed by atoms with Gasteiger partial charge in [-0.15, -0.1) is 29.3 Å². The molecule has 8 rings (SSSR count). The third-order valence-electron chi connectivity index (χ3n) is 12.8. The van der Waals surface area contributed by atoms with E-state index in [1.807, 2.05) is 38.1 Å². The normalized spacial score (nSPS) is 13.7. The number of para-hydroxylation sites is 1. The number of rotatable bonds is 7. The molecule has 1 N–H and O–H groups in total. The van der Waals surface area contributed by atoms with E-state index >= 15 is 0 Å². The van der Waals surface area contributed by atoms with Crippen molar-refractivity contribution >= 4 is 11.0 Å².